The van der Waals surface area contributed by atoms with E-state index in [1.54, 1.807) is 12.1 Å². The van der Waals surface area contributed by atoms with E-state index < -0.39 is 39.2 Å². The number of non-ortho nitro benzene ring substituents is 1. The second-order valence-electron chi connectivity index (χ2n) is 5.02. The molecule has 0 saturated heterocycles. The van der Waals surface area contributed by atoms with Crippen LogP contribution in [0.2, 0.25) is 5.02 Å². The molecule has 138 valence electrons. The molecule has 2 aromatic rings. The van der Waals surface area contributed by atoms with Crippen molar-refractivity contribution >= 4 is 40.6 Å². The SMILES string of the molecule is CC(Sc1ncccc1Cl)C(=O)Nc1ccc([N+](=O)[O-])cc1C(F)(F)F. The van der Waals surface area contributed by atoms with Gasteiger partial charge in [0.05, 0.1) is 26.4 Å². The van der Waals surface area contributed by atoms with Crippen molar-refractivity contribution in [1.82, 2.24) is 4.98 Å². The van der Waals surface area contributed by atoms with Crippen molar-refractivity contribution in [3.05, 3.63) is 57.2 Å². The number of hydrogen-bond acceptors (Lipinski definition) is 5. The third-order valence-corrected chi connectivity index (χ3v) is 4.69. The van der Waals surface area contributed by atoms with Crippen LogP contribution in [0.1, 0.15) is 12.5 Å². The number of amides is 1. The molecule has 0 aliphatic rings. The van der Waals surface area contributed by atoms with Crippen molar-refractivity contribution in [2.75, 3.05) is 5.32 Å². The monoisotopic (exact) mass is 405 g/mol. The van der Waals surface area contributed by atoms with Crippen molar-refractivity contribution in [3.8, 4) is 0 Å². The van der Waals surface area contributed by atoms with Crippen molar-refractivity contribution in [1.29, 1.82) is 0 Å². The lowest BCUT2D eigenvalue weighted by Crippen LogP contribution is -2.24. The molecule has 0 aliphatic heterocycles. The van der Waals surface area contributed by atoms with Gasteiger partial charge in [-0.1, -0.05) is 23.4 Å². The number of benzene rings is 1. The van der Waals surface area contributed by atoms with Gasteiger partial charge in [-0.3, -0.25) is 14.9 Å². The highest BCUT2D eigenvalue weighted by atomic mass is 35.5. The van der Waals surface area contributed by atoms with E-state index >= 15 is 0 Å². The number of carbonyl (C=O) groups is 1. The van der Waals surface area contributed by atoms with Gasteiger partial charge in [0.15, 0.2) is 0 Å². The number of alkyl halides is 3. The number of nitrogens with zero attached hydrogens (tertiary/aromatic N) is 2. The number of thioether (sulfide) groups is 1. The van der Waals surface area contributed by atoms with Crippen molar-refractivity contribution in [2.45, 2.75) is 23.4 Å². The first-order valence-corrected chi connectivity index (χ1v) is 8.29. The van der Waals surface area contributed by atoms with Crippen LogP contribution in [-0.2, 0) is 11.0 Å². The van der Waals surface area contributed by atoms with Gasteiger partial charge in [0, 0.05) is 18.3 Å². The summed E-state index contributed by atoms with van der Waals surface area (Å²) >= 11 is 6.91. The highest BCUT2D eigenvalue weighted by molar-refractivity contribution is 8.00. The van der Waals surface area contributed by atoms with Gasteiger partial charge >= 0.3 is 6.18 Å². The van der Waals surface area contributed by atoms with E-state index in [-0.39, 0.29) is 0 Å². The minimum Gasteiger partial charge on any atom is -0.325 e. The Morgan fingerprint density at radius 3 is 2.65 bits per heavy atom. The van der Waals surface area contributed by atoms with Gasteiger partial charge in [-0.15, -0.1) is 0 Å². The minimum absolute atomic E-state index is 0.309. The first kappa shape index (κ1) is 20.0. The van der Waals surface area contributed by atoms with E-state index in [1.165, 1.54) is 13.1 Å². The Bertz CT molecular complexity index is 848. The number of nitro groups is 1. The molecule has 1 atom stereocenters. The van der Waals surface area contributed by atoms with Crippen LogP contribution in [0.4, 0.5) is 24.5 Å². The molecule has 0 saturated carbocycles. The fourth-order valence-electron chi connectivity index (χ4n) is 1.90. The number of nitro benzene ring substituents is 1. The summed E-state index contributed by atoms with van der Waals surface area (Å²) in [5.41, 5.74) is -2.58. The summed E-state index contributed by atoms with van der Waals surface area (Å²) in [6, 6.07) is 5.29. The maximum absolute atomic E-state index is 13.1. The van der Waals surface area contributed by atoms with Crippen LogP contribution in [0.3, 0.4) is 0 Å². The van der Waals surface area contributed by atoms with Crippen molar-refractivity contribution < 1.29 is 22.9 Å². The molecule has 1 N–H and O–H groups in total. The zero-order valence-corrected chi connectivity index (χ0v) is 14.7. The summed E-state index contributed by atoms with van der Waals surface area (Å²) in [7, 11) is 0. The molecule has 11 heteroatoms. The quantitative estimate of drug-likeness (QED) is 0.439. The van der Waals surface area contributed by atoms with Crippen LogP contribution in [0, 0.1) is 10.1 Å². The highest BCUT2D eigenvalue weighted by Crippen LogP contribution is 2.37. The largest absolute Gasteiger partial charge is 0.418 e. The normalized spacial score (nSPS) is 12.5. The van der Waals surface area contributed by atoms with E-state index in [9.17, 15) is 28.1 Å². The van der Waals surface area contributed by atoms with Gasteiger partial charge in [0.1, 0.15) is 5.03 Å². The average Bonchev–Trinajstić information content (AvgIpc) is 2.56. The van der Waals surface area contributed by atoms with Gasteiger partial charge in [-0.05, 0) is 25.1 Å². The first-order chi connectivity index (χ1) is 12.1. The lowest BCUT2D eigenvalue weighted by molar-refractivity contribution is -0.385. The summed E-state index contributed by atoms with van der Waals surface area (Å²) in [6.45, 7) is 1.48. The molecule has 1 aromatic heterocycles. The molecule has 0 fully saturated rings. The molecule has 0 aliphatic carbocycles. The predicted octanol–water partition coefficient (Wildman–Crippen LogP) is 4.78. The molecular formula is C15H11ClF3N3O3S. The average molecular weight is 406 g/mol. The molecule has 26 heavy (non-hydrogen) atoms. The fraction of sp³-hybridized carbons (Fsp3) is 0.200. The van der Waals surface area contributed by atoms with Gasteiger partial charge in [0.25, 0.3) is 5.69 Å². The number of pyridine rings is 1. The molecule has 6 nitrogen and oxygen atoms in total. The number of anilines is 1. The highest BCUT2D eigenvalue weighted by Gasteiger charge is 2.36. The van der Waals surface area contributed by atoms with Crippen LogP contribution in [0.15, 0.2) is 41.6 Å². The van der Waals surface area contributed by atoms with Crippen molar-refractivity contribution in [2.24, 2.45) is 0 Å². The zero-order valence-electron chi connectivity index (χ0n) is 13.1. The number of rotatable bonds is 5. The predicted molar refractivity (Wildman–Crippen MR) is 91.3 cm³/mol. The summed E-state index contributed by atoms with van der Waals surface area (Å²) in [4.78, 5) is 26.0. The maximum atomic E-state index is 13.1. The zero-order chi connectivity index (χ0) is 19.5. The van der Waals surface area contributed by atoms with E-state index in [4.69, 9.17) is 11.6 Å². The number of carbonyl (C=O) groups excluding carboxylic acids is 1. The Balaban J connectivity index is 2.22. The van der Waals surface area contributed by atoms with Gasteiger partial charge < -0.3 is 5.32 Å². The smallest absolute Gasteiger partial charge is 0.325 e. The third kappa shape index (κ3) is 4.85. The third-order valence-electron chi connectivity index (χ3n) is 3.16. The Hall–Kier alpha value is -2.33. The minimum atomic E-state index is -4.87. The molecular weight excluding hydrogens is 395 g/mol. The second-order valence-corrected chi connectivity index (χ2v) is 6.76. The molecule has 1 aromatic carbocycles. The second kappa shape index (κ2) is 7.92. The number of halogens is 4. The summed E-state index contributed by atoms with van der Waals surface area (Å²) in [5, 5.41) is 12.7. The number of hydrogen-bond donors (Lipinski definition) is 1. The Kier molecular flexibility index (Phi) is 6.09. The van der Waals surface area contributed by atoms with Crippen LogP contribution in [0.25, 0.3) is 0 Å². The molecule has 1 heterocycles. The van der Waals surface area contributed by atoms with Crippen LogP contribution < -0.4 is 5.32 Å². The first-order valence-electron chi connectivity index (χ1n) is 7.03. The summed E-state index contributed by atoms with van der Waals surface area (Å²) < 4.78 is 39.4. The summed E-state index contributed by atoms with van der Waals surface area (Å²) in [6.07, 6.45) is -3.40. The van der Waals surface area contributed by atoms with E-state index in [0.717, 1.165) is 23.9 Å². The molecule has 0 radical (unpaired) electrons. The topological polar surface area (TPSA) is 85.1 Å². The summed E-state index contributed by atoms with van der Waals surface area (Å²) in [5.74, 6) is -0.726. The molecule has 0 spiro atoms. The van der Waals surface area contributed by atoms with E-state index in [2.05, 4.69) is 10.3 Å². The molecule has 1 unspecified atom stereocenters. The maximum Gasteiger partial charge on any atom is 0.418 e. The lowest BCUT2D eigenvalue weighted by atomic mass is 10.1. The van der Waals surface area contributed by atoms with Crippen LogP contribution in [0.5, 0.6) is 0 Å². The number of nitrogens with one attached hydrogen (secondary N) is 1. The van der Waals surface area contributed by atoms with Crippen LogP contribution >= 0.6 is 23.4 Å². The van der Waals surface area contributed by atoms with Gasteiger partial charge in [-0.25, -0.2) is 4.98 Å². The molecule has 2 rings (SSSR count). The van der Waals surface area contributed by atoms with E-state index in [1.807, 2.05) is 0 Å². The Morgan fingerprint density at radius 1 is 1.38 bits per heavy atom. The number of aromatic nitrogens is 1. The van der Waals surface area contributed by atoms with Crippen molar-refractivity contribution in [3.63, 3.8) is 0 Å². The molecule has 1 amide bonds. The Morgan fingerprint density at radius 2 is 2.08 bits per heavy atom. The fourth-order valence-corrected chi connectivity index (χ4v) is 2.96. The lowest BCUT2D eigenvalue weighted by Gasteiger charge is -2.16. The standard InChI is InChI=1S/C15H11ClF3N3O3S/c1-8(26-14-11(16)3-2-6-20-14)13(23)21-12-5-4-9(22(24)25)7-10(12)15(17,18)19/h2-8H,1H3,(H,21,23). The van der Waals surface area contributed by atoms with Gasteiger partial charge in [0.2, 0.25) is 5.91 Å². The van der Waals surface area contributed by atoms with Gasteiger partial charge in [-0.2, -0.15) is 13.2 Å². The Labute approximate surface area is 154 Å². The van der Waals surface area contributed by atoms with E-state index in [0.29, 0.717) is 16.1 Å². The van der Waals surface area contributed by atoms with Crippen LogP contribution in [-0.4, -0.2) is 21.1 Å². The molecule has 0 bridgehead atoms.